The molecule has 0 saturated carbocycles. The maximum atomic E-state index is 6.54. The highest BCUT2D eigenvalue weighted by Gasteiger charge is 2.04. The summed E-state index contributed by atoms with van der Waals surface area (Å²) >= 11 is 6.54. The third-order valence-electron chi connectivity index (χ3n) is 4.96. The molecule has 0 aromatic heterocycles. The van der Waals surface area contributed by atoms with Gasteiger partial charge in [-0.1, -0.05) is 100 Å². The molecule has 0 N–H and O–H groups in total. The second-order valence-corrected chi connectivity index (χ2v) is 7.53. The van der Waals surface area contributed by atoms with Gasteiger partial charge in [0.15, 0.2) is 0 Å². The molecule has 0 fully saturated rings. The Morgan fingerprint density at radius 1 is 0.640 bits per heavy atom. The third-order valence-corrected chi connectivity index (χ3v) is 5.31. The molecular weight excluding hydrogens is 324 g/mol. The molecule has 0 atom stereocenters. The molecule has 0 nitrogen and oxygen atoms in total. The lowest BCUT2D eigenvalue weighted by molar-refractivity contribution is 0.632. The van der Waals surface area contributed by atoms with Crippen molar-refractivity contribution in [2.24, 2.45) is 0 Å². The highest BCUT2D eigenvalue weighted by Crippen LogP contribution is 2.27. The zero-order chi connectivity index (χ0) is 17.9. The van der Waals surface area contributed by atoms with E-state index in [-0.39, 0.29) is 0 Å². The van der Waals surface area contributed by atoms with Crippen LogP contribution >= 0.6 is 11.6 Å². The summed E-state index contributed by atoms with van der Waals surface area (Å²) in [4.78, 5) is 0. The molecule has 0 aliphatic rings. The van der Waals surface area contributed by atoms with Crippen LogP contribution in [0.15, 0.2) is 42.5 Å². The Labute approximate surface area is 159 Å². The molecule has 2 aromatic carbocycles. The number of hydrogen-bond acceptors (Lipinski definition) is 0. The highest BCUT2D eigenvalue weighted by molar-refractivity contribution is 6.31. The number of benzene rings is 2. The normalized spacial score (nSPS) is 11.0. The quantitative estimate of drug-likeness (QED) is 0.355. The summed E-state index contributed by atoms with van der Waals surface area (Å²) in [7, 11) is 0. The topological polar surface area (TPSA) is 0 Å². The largest absolute Gasteiger partial charge is 0.0840 e. The van der Waals surface area contributed by atoms with Gasteiger partial charge in [0.05, 0.1) is 0 Å². The Morgan fingerprint density at radius 3 is 1.92 bits per heavy atom. The van der Waals surface area contributed by atoms with Crippen molar-refractivity contribution in [3.05, 3.63) is 58.6 Å². The van der Waals surface area contributed by atoms with Gasteiger partial charge in [0, 0.05) is 5.02 Å². The summed E-state index contributed by atoms with van der Waals surface area (Å²) in [5.41, 5.74) is 5.21. The SMILES string of the molecule is CCCCCCCc1ccc(-c2ccc(CCCCC)cc2)cc1Cl. The van der Waals surface area contributed by atoms with Crippen LogP contribution in [0.3, 0.4) is 0 Å². The van der Waals surface area contributed by atoms with E-state index in [0.29, 0.717) is 0 Å². The lowest BCUT2D eigenvalue weighted by Crippen LogP contribution is -1.90. The summed E-state index contributed by atoms with van der Waals surface area (Å²) < 4.78 is 0. The number of halogens is 1. The number of hydrogen-bond donors (Lipinski definition) is 0. The zero-order valence-corrected chi connectivity index (χ0v) is 16.7. The van der Waals surface area contributed by atoms with E-state index in [0.717, 1.165) is 11.4 Å². The van der Waals surface area contributed by atoms with E-state index in [9.17, 15) is 0 Å². The van der Waals surface area contributed by atoms with E-state index < -0.39 is 0 Å². The van der Waals surface area contributed by atoms with Crippen LogP contribution in [0.1, 0.15) is 76.3 Å². The second kappa shape index (κ2) is 11.4. The Morgan fingerprint density at radius 2 is 1.24 bits per heavy atom. The van der Waals surface area contributed by atoms with Gasteiger partial charge in [0.2, 0.25) is 0 Å². The van der Waals surface area contributed by atoms with Gasteiger partial charge < -0.3 is 0 Å². The van der Waals surface area contributed by atoms with Gasteiger partial charge in [-0.3, -0.25) is 0 Å². The Bertz CT molecular complexity index is 612. The minimum atomic E-state index is 0.917. The van der Waals surface area contributed by atoms with Crippen LogP contribution < -0.4 is 0 Å². The second-order valence-electron chi connectivity index (χ2n) is 7.12. The molecule has 0 saturated heterocycles. The van der Waals surface area contributed by atoms with Gasteiger partial charge in [-0.15, -0.1) is 0 Å². The minimum Gasteiger partial charge on any atom is -0.0840 e. The van der Waals surface area contributed by atoms with E-state index in [2.05, 4.69) is 56.3 Å². The fourth-order valence-electron chi connectivity index (χ4n) is 3.29. The van der Waals surface area contributed by atoms with Gasteiger partial charge in [-0.25, -0.2) is 0 Å². The van der Waals surface area contributed by atoms with Crippen LogP contribution in [-0.4, -0.2) is 0 Å². The number of rotatable bonds is 11. The molecule has 0 aliphatic heterocycles. The Balaban J connectivity index is 1.92. The van der Waals surface area contributed by atoms with Crippen LogP contribution in [0.5, 0.6) is 0 Å². The van der Waals surface area contributed by atoms with E-state index in [4.69, 9.17) is 11.6 Å². The molecule has 0 unspecified atom stereocenters. The number of unbranched alkanes of at least 4 members (excludes halogenated alkanes) is 6. The predicted molar refractivity (Wildman–Crippen MR) is 113 cm³/mol. The van der Waals surface area contributed by atoms with Crippen LogP contribution in [0.4, 0.5) is 0 Å². The molecule has 0 heterocycles. The molecule has 0 bridgehead atoms. The Hall–Kier alpha value is -1.27. The minimum absolute atomic E-state index is 0.917. The maximum Gasteiger partial charge on any atom is 0.0444 e. The molecular formula is C24H33Cl. The molecule has 0 radical (unpaired) electrons. The van der Waals surface area contributed by atoms with E-state index >= 15 is 0 Å². The fourth-order valence-corrected chi connectivity index (χ4v) is 3.57. The zero-order valence-electron chi connectivity index (χ0n) is 16.0. The van der Waals surface area contributed by atoms with Gasteiger partial charge in [-0.2, -0.15) is 0 Å². The molecule has 25 heavy (non-hydrogen) atoms. The summed E-state index contributed by atoms with van der Waals surface area (Å²) in [6.07, 6.45) is 12.7. The molecule has 0 aliphatic carbocycles. The maximum absolute atomic E-state index is 6.54. The molecule has 0 spiro atoms. The van der Waals surface area contributed by atoms with Crippen LogP contribution in [0.25, 0.3) is 11.1 Å². The smallest absolute Gasteiger partial charge is 0.0444 e. The monoisotopic (exact) mass is 356 g/mol. The van der Waals surface area contributed by atoms with E-state index in [1.165, 1.54) is 80.0 Å². The van der Waals surface area contributed by atoms with Crippen molar-refractivity contribution < 1.29 is 0 Å². The summed E-state index contributed by atoms with van der Waals surface area (Å²) in [5.74, 6) is 0. The summed E-state index contributed by atoms with van der Waals surface area (Å²) in [6, 6.07) is 15.6. The number of aryl methyl sites for hydroxylation is 2. The van der Waals surface area contributed by atoms with Crippen LogP contribution in [-0.2, 0) is 12.8 Å². The molecule has 136 valence electrons. The van der Waals surface area contributed by atoms with Gasteiger partial charge in [0.1, 0.15) is 0 Å². The van der Waals surface area contributed by atoms with Crippen molar-refractivity contribution in [2.75, 3.05) is 0 Å². The van der Waals surface area contributed by atoms with Crippen molar-refractivity contribution >= 4 is 11.6 Å². The molecule has 2 aromatic rings. The average Bonchev–Trinajstić information content (AvgIpc) is 2.63. The lowest BCUT2D eigenvalue weighted by Gasteiger charge is -2.09. The lowest BCUT2D eigenvalue weighted by atomic mass is 9.99. The molecule has 2 rings (SSSR count). The fraction of sp³-hybridized carbons (Fsp3) is 0.500. The van der Waals surface area contributed by atoms with Crippen LogP contribution in [0, 0.1) is 0 Å². The van der Waals surface area contributed by atoms with Crippen molar-refractivity contribution in [3.63, 3.8) is 0 Å². The van der Waals surface area contributed by atoms with Gasteiger partial charge >= 0.3 is 0 Å². The van der Waals surface area contributed by atoms with Crippen molar-refractivity contribution in [2.45, 2.75) is 78.1 Å². The van der Waals surface area contributed by atoms with Crippen LogP contribution in [0.2, 0.25) is 5.02 Å². The first-order valence-corrected chi connectivity index (χ1v) is 10.5. The van der Waals surface area contributed by atoms with Gasteiger partial charge in [-0.05, 0) is 54.0 Å². The van der Waals surface area contributed by atoms with Gasteiger partial charge in [0.25, 0.3) is 0 Å². The Kier molecular flexibility index (Phi) is 9.11. The average molecular weight is 357 g/mol. The standard InChI is InChI=1S/C24H33Cl/c1-3-5-7-8-10-12-22-17-18-23(19-24(22)25)21-15-13-20(14-16-21)11-9-6-4-2/h13-19H,3-12H2,1-2H3. The van der Waals surface area contributed by atoms with Crippen molar-refractivity contribution in [3.8, 4) is 11.1 Å². The third kappa shape index (κ3) is 6.86. The molecule has 0 amide bonds. The molecule has 1 heteroatoms. The first-order chi connectivity index (χ1) is 12.2. The van der Waals surface area contributed by atoms with E-state index in [1.807, 2.05) is 0 Å². The van der Waals surface area contributed by atoms with Crippen molar-refractivity contribution in [1.82, 2.24) is 0 Å². The summed E-state index contributed by atoms with van der Waals surface area (Å²) in [6.45, 7) is 4.51. The first-order valence-electron chi connectivity index (χ1n) is 10.1. The van der Waals surface area contributed by atoms with Crippen molar-refractivity contribution in [1.29, 1.82) is 0 Å². The predicted octanol–water partition coefficient (Wildman–Crippen LogP) is 8.25. The summed E-state index contributed by atoms with van der Waals surface area (Å²) in [5, 5.41) is 0.917. The highest BCUT2D eigenvalue weighted by atomic mass is 35.5. The first kappa shape index (κ1) is 20.0. The van der Waals surface area contributed by atoms with E-state index in [1.54, 1.807) is 0 Å².